The van der Waals surface area contributed by atoms with Gasteiger partial charge in [-0.3, -0.25) is 14.3 Å². The zero-order valence-corrected chi connectivity index (χ0v) is 17.3. The fourth-order valence-corrected chi connectivity index (χ4v) is 3.69. The van der Waals surface area contributed by atoms with Crippen molar-refractivity contribution in [3.8, 4) is 0 Å². The summed E-state index contributed by atoms with van der Waals surface area (Å²) in [5, 5.41) is 4.47. The molecule has 0 saturated carbocycles. The lowest BCUT2D eigenvalue weighted by molar-refractivity contribution is -0.133. The molecular formula is C22H30N4O2. The van der Waals surface area contributed by atoms with Gasteiger partial charge in [-0.1, -0.05) is 51.1 Å². The van der Waals surface area contributed by atoms with Gasteiger partial charge >= 0.3 is 0 Å². The molecule has 1 aliphatic rings. The molecule has 2 aromatic rings. The Morgan fingerprint density at radius 2 is 1.96 bits per heavy atom. The SMILES string of the molecule is CC[C@H]1CN(C(=O)c2cc(C(C)C)nn2C)CCC(=O)N1Cc1ccccc1. The van der Waals surface area contributed by atoms with Gasteiger partial charge < -0.3 is 9.80 Å². The standard InChI is InChI=1S/C22H30N4O2/c1-5-18-15-25(22(28)20-13-19(16(2)3)23-24(20)4)12-11-21(27)26(18)14-17-9-7-6-8-10-17/h6-10,13,16,18H,5,11-12,14-15H2,1-4H3/t18-/m0/s1. The zero-order valence-electron chi connectivity index (χ0n) is 17.3. The van der Waals surface area contributed by atoms with E-state index < -0.39 is 0 Å². The van der Waals surface area contributed by atoms with Crippen molar-refractivity contribution in [3.05, 3.63) is 53.3 Å². The van der Waals surface area contributed by atoms with Crippen LogP contribution < -0.4 is 0 Å². The van der Waals surface area contributed by atoms with E-state index in [1.54, 1.807) is 11.7 Å². The van der Waals surface area contributed by atoms with Gasteiger partial charge in [0.1, 0.15) is 5.69 Å². The highest BCUT2D eigenvalue weighted by atomic mass is 16.2. The molecule has 1 fully saturated rings. The molecule has 6 nitrogen and oxygen atoms in total. The first-order valence-corrected chi connectivity index (χ1v) is 10.1. The Kier molecular flexibility index (Phi) is 6.17. The molecule has 2 amide bonds. The number of carbonyl (C=O) groups is 2. The van der Waals surface area contributed by atoms with Gasteiger partial charge in [-0.05, 0) is 24.0 Å². The summed E-state index contributed by atoms with van der Waals surface area (Å²) in [7, 11) is 1.81. The Bertz CT molecular complexity index is 828. The Morgan fingerprint density at radius 1 is 1.25 bits per heavy atom. The lowest BCUT2D eigenvalue weighted by atomic mass is 10.1. The van der Waals surface area contributed by atoms with Crippen molar-refractivity contribution in [2.75, 3.05) is 13.1 Å². The van der Waals surface area contributed by atoms with Crippen LogP contribution in [0.5, 0.6) is 0 Å². The van der Waals surface area contributed by atoms with Crippen molar-refractivity contribution in [2.45, 2.75) is 52.1 Å². The molecule has 0 aliphatic carbocycles. The van der Waals surface area contributed by atoms with Gasteiger partial charge in [0.2, 0.25) is 5.91 Å². The largest absolute Gasteiger partial charge is 0.335 e. The van der Waals surface area contributed by atoms with Crippen LogP contribution in [-0.4, -0.2) is 50.5 Å². The van der Waals surface area contributed by atoms with Crippen molar-refractivity contribution in [1.29, 1.82) is 0 Å². The quantitative estimate of drug-likeness (QED) is 0.798. The molecule has 3 rings (SSSR count). The highest BCUT2D eigenvalue weighted by Gasteiger charge is 2.32. The first-order chi connectivity index (χ1) is 13.4. The second kappa shape index (κ2) is 8.59. The van der Waals surface area contributed by atoms with Crippen molar-refractivity contribution >= 4 is 11.8 Å². The molecule has 2 heterocycles. The van der Waals surface area contributed by atoms with E-state index in [0.717, 1.165) is 17.7 Å². The molecule has 0 unspecified atom stereocenters. The predicted molar refractivity (Wildman–Crippen MR) is 109 cm³/mol. The molecule has 1 atom stereocenters. The lowest BCUT2D eigenvalue weighted by Gasteiger charge is -2.31. The van der Waals surface area contributed by atoms with Crippen molar-refractivity contribution in [1.82, 2.24) is 19.6 Å². The minimum atomic E-state index is -0.0466. The van der Waals surface area contributed by atoms with Crippen LogP contribution in [-0.2, 0) is 18.4 Å². The second-order valence-electron chi connectivity index (χ2n) is 7.80. The number of aryl methyl sites for hydroxylation is 1. The third-order valence-corrected chi connectivity index (χ3v) is 5.45. The van der Waals surface area contributed by atoms with E-state index in [-0.39, 0.29) is 23.8 Å². The van der Waals surface area contributed by atoms with E-state index >= 15 is 0 Å². The molecule has 1 saturated heterocycles. The fourth-order valence-electron chi connectivity index (χ4n) is 3.69. The maximum atomic E-state index is 13.2. The Morgan fingerprint density at radius 3 is 2.57 bits per heavy atom. The van der Waals surface area contributed by atoms with Crippen LogP contribution in [0.2, 0.25) is 0 Å². The Labute approximate surface area is 167 Å². The average Bonchev–Trinajstić information content (AvgIpc) is 3.01. The Balaban J connectivity index is 1.80. The lowest BCUT2D eigenvalue weighted by Crippen LogP contribution is -2.44. The smallest absolute Gasteiger partial charge is 0.272 e. The van der Waals surface area contributed by atoms with Gasteiger partial charge in [-0.15, -0.1) is 0 Å². The van der Waals surface area contributed by atoms with Crippen LogP contribution in [0.3, 0.4) is 0 Å². The van der Waals surface area contributed by atoms with Crippen LogP contribution in [0, 0.1) is 0 Å². The first kappa shape index (κ1) is 20.1. The molecule has 0 spiro atoms. The van der Waals surface area contributed by atoms with Crippen molar-refractivity contribution in [3.63, 3.8) is 0 Å². The highest BCUT2D eigenvalue weighted by Crippen LogP contribution is 2.21. The first-order valence-electron chi connectivity index (χ1n) is 10.1. The number of hydrogen-bond acceptors (Lipinski definition) is 3. The monoisotopic (exact) mass is 382 g/mol. The summed E-state index contributed by atoms with van der Waals surface area (Å²) in [4.78, 5) is 29.8. The maximum Gasteiger partial charge on any atom is 0.272 e. The number of aromatic nitrogens is 2. The van der Waals surface area contributed by atoms with Crippen molar-refractivity contribution < 1.29 is 9.59 Å². The summed E-state index contributed by atoms with van der Waals surface area (Å²) in [6, 6.07) is 11.9. The molecule has 0 N–H and O–H groups in total. The number of rotatable bonds is 5. The van der Waals surface area contributed by atoms with Crippen molar-refractivity contribution in [2.24, 2.45) is 7.05 Å². The molecule has 0 radical (unpaired) electrons. The summed E-state index contributed by atoms with van der Waals surface area (Å²) in [5.74, 6) is 0.330. The molecule has 1 aromatic heterocycles. The number of carbonyl (C=O) groups excluding carboxylic acids is 2. The molecule has 6 heteroatoms. The van der Waals surface area contributed by atoms with Gasteiger partial charge in [0.25, 0.3) is 5.91 Å². The van der Waals surface area contributed by atoms with Crippen LogP contribution >= 0.6 is 0 Å². The van der Waals surface area contributed by atoms with E-state index in [9.17, 15) is 9.59 Å². The molecular weight excluding hydrogens is 352 g/mol. The summed E-state index contributed by atoms with van der Waals surface area (Å²) in [6.07, 6.45) is 1.16. The third-order valence-electron chi connectivity index (χ3n) is 5.45. The van der Waals surface area contributed by atoms with Gasteiger partial charge in [0, 0.05) is 39.1 Å². The third kappa shape index (κ3) is 4.26. The summed E-state index contributed by atoms with van der Waals surface area (Å²) >= 11 is 0. The molecule has 1 aliphatic heterocycles. The highest BCUT2D eigenvalue weighted by molar-refractivity contribution is 5.93. The van der Waals surface area contributed by atoms with Gasteiger partial charge in [-0.25, -0.2) is 0 Å². The van der Waals surface area contributed by atoms with Gasteiger partial charge in [-0.2, -0.15) is 5.10 Å². The van der Waals surface area contributed by atoms with E-state index in [0.29, 0.717) is 31.7 Å². The molecule has 28 heavy (non-hydrogen) atoms. The summed E-state index contributed by atoms with van der Waals surface area (Å²) in [5.41, 5.74) is 2.61. The van der Waals surface area contributed by atoms with Crippen LogP contribution in [0.15, 0.2) is 36.4 Å². The fraction of sp³-hybridized carbons (Fsp3) is 0.500. The van der Waals surface area contributed by atoms with E-state index in [2.05, 4.69) is 25.9 Å². The number of hydrogen-bond donors (Lipinski definition) is 0. The summed E-state index contributed by atoms with van der Waals surface area (Å²) in [6.45, 7) is 7.79. The topological polar surface area (TPSA) is 58.4 Å². The molecule has 0 bridgehead atoms. The predicted octanol–water partition coefficient (Wildman–Crippen LogP) is 3.20. The van der Waals surface area contributed by atoms with Crippen LogP contribution in [0.4, 0.5) is 0 Å². The Hall–Kier alpha value is -2.63. The number of amides is 2. The molecule has 150 valence electrons. The second-order valence-corrected chi connectivity index (χ2v) is 7.80. The maximum absolute atomic E-state index is 13.2. The normalized spacial score (nSPS) is 17.9. The van der Waals surface area contributed by atoms with Crippen LogP contribution in [0.1, 0.15) is 61.3 Å². The van der Waals surface area contributed by atoms with E-state index in [1.165, 1.54) is 0 Å². The van der Waals surface area contributed by atoms with Crippen LogP contribution in [0.25, 0.3) is 0 Å². The van der Waals surface area contributed by atoms with E-state index in [1.807, 2.05) is 46.2 Å². The van der Waals surface area contributed by atoms with Gasteiger partial charge in [0.05, 0.1) is 5.69 Å². The summed E-state index contributed by atoms with van der Waals surface area (Å²) < 4.78 is 1.66. The van der Waals surface area contributed by atoms with Gasteiger partial charge in [0.15, 0.2) is 0 Å². The number of benzene rings is 1. The van der Waals surface area contributed by atoms with E-state index in [4.69, 9.17) is 0 Å². The zero-order chi connectivity index (χ0) is 20.3. The minimum Gasteiger partial charge on any atom is -0.335 e. The number of nitrogens with zero attached hydrogens (tertiary/aromatic N) is 4. The minimum absolute atomic E-state index is 0.0111. The average molecular weight is 383 g/mol. The molecule has 1 aromatic carbocycles.